The van der Waals surface area contributed by atoms with E-state index in [2.05, 4.69) is 13.0 Å². The quantitative estimate of drug-likeness (QED) is 0.551. The Morgan fingerprint density at radius 3 is 2.63 bits per heavy atom. The van der Waals surface area contributed by atoms with Gasteiger partial charge in [-0.15, -0.1) is 0 Å². The van der Waals surface area contributed by atoms with Gasteiger partial charge in [-0.05, 0) is 66.4 Å². The van der Waals surface area contributed by atoms with Gasteiger partial charge in [-0.1, -0.05) is 32.9 Å². The molecule has 0 aromatic heterocycles. The molecular formula is C22H32O5. The molecule has 0 aliphatic heterocycles. The Balaban J connectivity index is 0.00000180. The molecule has 0 radical (unpaired) electrons. The van der Waals surface area contributed by atoms with Crippen LogP contribution < -0.4 is 0 Å². The van der Waals surface area contributed by atoms with Crippen LogP contribution in [0.4, 0.5) is 0 Å². The van der Waals surface area contributed by atoms with Crippen molar-refractivity contribution in [1.29, 1.82) is 0 Å². The summed E-state index contributed by atoms with van der Waals surface area (Å²) in [5.74, 6) is -0.214. The molecule has 150 valence electrons. The van der Waals surface area contributed by atoms with Crippen molar-refractivity contribution >= 4 is 5.78 Å². The number of hydrogen-bond acceptors (Lipinski definition) is 5. The van der Waals surface area contributed by atoms with Crippen LogP contribution in [0.2, 0.25) is 0 Å². The van der Waals surface area contributed by atoms with Gasteiger partial charge in [0.2, 0.25) is 0 Å². The summed E-state index contributed by atoms with van der Waals surface area (Å²) in [4.78, 5) is 12.8. The van der Waals surface area contributed by atoms with Crippen LogP contribution in [0.15, 0.2) is 22.8 Å². The summed E-state index contributed by atoms with van der Waals surface area (Å²) < 4.78 is 0. The van der Waals surface area contributed by atoms with Gasteiger partial charge in [0.05, 0.1) is 12.2 Å². The Labute approximate surface area is 160 Å². The molecule has 0 aromatic rings. The molecule has 0 aromatic carbocycles. The number of ketones is 1. The number of carbonyl (C=O) groups is 1. The number of fused-ring (bicyclic) bond motifs is 2. The monoisotopic (exact) mass is 376 g/mol. The second kappa shape index (κ2) is 5.53. The van der Waals surface area contributed by atoms with Gasteiger partial charge in [0.15, 0.2) is 11.4 Å². The minimum absolute atomic E-state index is 0. The predicted molar refractivity (Wildman–Crippen MR) is 101 cm³/mol. The topological polar surface area (TPSA) is 98.0 Å². The number of allylic oxidation sites excluding steroid dienone is 1. The van der Waals surface area contributed by atoms with Crippen molar-refractivity contribution in [2.45, 2.75) is 71.2 Å². The van der Waals surface area contributed by atoms with Crippen molar-refractivity contribution in [3.63, 3.8) is 0 Å². The highest BCUT2D eigenvalue weighted by atomic mass is 16.3. The first kappa shape index (κ1) is 19.3. The average molecular weight is 376 g/mol. The van der Waals surface area contributed by atoms with Gasteiger partial charge in [-0.2, -0.15) is 0 Å². The molecule has 27 heavy (non-hydrogen) atoms. The van der Waals surface area contributed by atoms with E-state index >= 15 is 0 Å². The number of aliphatic hydroxyl groups excluding tert-OH is 3. The minimum Gasteiger partial charge on any atom is -0.393 e. The first-order valence-corrected chi connectivity index (χ1v) is 9.83. The molecular weight excluding hydrogens is 344 g/mol. The normalized spacial score (nSPS) is 54.9. The SMILES string of the molecule is C.C[C@]12C/C3=C4\C[C@H]5[C@H](CC=C1CC3O)[C@@H]2C(O)C[C@]5(C)[C@@]4(O)C(=O)CO. The molecule has 5 heteroatoms. The lowest BCUT2D eigenvalue weighted by Gasteiger charge is -2.59. The summed E-state index contributed by atoms with van der Waals surface area (Å²) in [6.45, 7) is 3.36. The zero-order chi connectivity index (χ0) is 18.6. The van der Waals surface area contributed by atoms with E-state index in [0.29, 0.717) is 31.3 Å². The standard InChI is InChI=1S/C21H28O5.CH4/c1-19-7-12-14-6-13-11(4-3-10(19)5-15(12)23)18(19)16(24)8-20(13,2)21(14,26)17(25)9-22;/h3,11,13,15-16,18,22-24,26H,4-9H2,1-2H3;1H4/b14-12-;/t11-,13-,15?,16?,18+,19-,20-,21-;/m0./s1. The third-order valence-electron chi connectivity index (χ3n) is 8.95. The van der Waals surface area contributed by atoms with Crippen molar-refractivity contribution in [2.24, 2.45) is 28.6 Å². The van der Waals surface area contributed by atoms with Crippen LogP contribution in [0.3, 0.4) is 0 Å². The van der Waals surface area contributed by atoms with E-state index in [1.165, 1.54) is 5.57 Å². The Bertz CT molecular complexity index is 769. The van der Waals surface area contributed by atoms with Crippen molar-refractivity contribution in [2.75, 3.05) is 6.61 Å². The number of hydrogen-bond donors (Lipinski definition) is 4. The van der Waals surface area contributed by atoms with Crippen molar-refractivity contribution in [3.05, 3.63) is 22.8 Å². The highest BCUT2D eigenvalue weighted by Crippen LogP contribution is 2.71. The van der Waals surface area contributed by atoms with E-state index in [-0.39, 0.29) is 30.6 Å². The van der Waals surface area contributed by atoms with Gasteiger partial charge in [-0.3, -0.25) is 4.79 Å². The second-order valence-electron chi connectivity index (χ2n) is 9.76. The number of Topliss-reactive ketones (excluding diaryl/α,β-unsaturated/α-hetero) is 1. The summed E-state index contributed by atoms with van der Waals surface area (Å²) in [6, 6.07) is 0. The van der Waals surface area contributed by atoms with Crippen LogP contribution in [-0.2, 0) is 4.79 Å². The molecule has 4 N–H and O–H groups in total. The van der Waals surface area contributed by atoms with Gasteiger partial charge in [-0.25, -0.2) is 0 Å². The Hall–Kier alpha value is -1.01. The summed E-state index contributed by atoms with van der Waals surface area (Å²) in [6.07, 6.45) is 3.81. The van der Waals surface area contributed by atoms with Crippen LogP contribution >= 0.6 is 0 Å². The fourth-order valence-electron chi connectivity index (χ4n) is 7.82. The van der Waals surface area contributed by atoms with Crippen LogP contribution in [0, 0.1) is 28.6 Å². The van der Waals surface area contributed by atoms with Gasteiger partial charge in [0.25, 0.3) is 0 Å². The molecule has 0 amide bonds. The molecule has 3 saturated carbocycles. The molecule has 0 heterocycles. The molecule has 2 unspecified atom stereocenters. The molecule has 8 atom stereocenters. The third-order valence-corrected chi connectivity index (χ3v) is 8.95. The average Bonchev–Trinajstić information content (AvgIpc) is 2.83. The van der Waals surface area contributed by atoms with Crippen molar-refractivity contribution in [3.8, 4) is 0 Å². The number of aliphatic hydroxyl groups is 4. The van der Waals surface area contributed by atoms with Crippen LogP contribution in [-0.4, -0.2) is 50.6 Å². The van der Waals surface area contributed by atoms with E-state index in [1.54, 1.807) is 0 Å². The van der Waals surface area contributed by atoms with E-state index in [4.69, 9.17) is 0 Å². The van der Waals surface area contributed by atoms with Crippen molar-refractivity contribution < 1.29 is 25.2 Å². The smallest absolute Gasteiger partial charge is 0.194 e. The first-order valence-electron chi connectivity index (χ1n) is 9.83. The fraction of sp³-hybridized carbons (Fsp3) is 0.773. The summed E-state index contributed by atoms with van der Waals surface area (Å²) in [5, 5.41) is 43.5. The lowest BCUT2D eigenvalue weighted by atomic mass is 9.46. The second-order valence-corrected chi connectivity index (χ2v) is 9.76. The summed E-state index contributed by atoms with van der Waals surface area (Å²) >= 11 is 0. The summed E-state index contributed by atoms with van der Waals surface area (Å²) in [5.41, 5.74) is -0.190. The largest absolute Gasteiger partial charge is 0.393 e. The summed E-state index contributed by atoms with van der Waals surface area (Å²) in [7, 11) is 0. The van der Waals surface area contributed by atoms with E-state index < -0.39 is 35.6 Å². The molecule has 5 nitrogen and oxygen atoms in total. The highest BCUT2D eigenvalue weighted by Gasteiger charge is 2.72. The lowest BCUT2D eigenvalue weighted by Crippen LogP contribution is -2.61. The maximum atomic E-state index is 12.8. The van der Waals surface area contributed by atoms with Gasteiger partial charge in [0, 0.05) is 5.41 Å². The maximum Gasteiger partial charge on any atom is 0.194 e. The van der Waals surface area contributed by atoms with E-state index in [9.17, 15) is 25.2 Å². The predicted octanol–water partition coefficient (Wildman–Crippen LogP) is 1.74. The molecule has 5 aliphatic rings. The maximum absolute atomic E-state index is 12.8. The van der Waals surface area contributed by atoms with Crippen LogP contribution in [0.25, 0.3) is 0 Å². The van der Waals surface area contributed by atoms with Gasteiger partial charge >= 0.3 is 0 Å². The molecule has 0 spiro atoms. The van der Waals surface area contributed by atoms with Crippen LogP contribution in [0.1, 0.15) is 53.4 Å². The van der Waals surface area contributed by atoms with Crippen molar-refractivity contribution in [1.82, 2.24) is 0 Å². The Kier molecular flexibility index (Phi) is 3.96. The lowest BCUT2D eigenvalue weighted by molar-refractivity contribution is -0.172. The minimum atomic E-state index is -1.79. The molecule has 5 rings (SSSR count). The molecule has 3 fully saturated rings. The zero-order valence-corrected chi connectivity index (χ0v) is 15.4. The van der Waals surface area contributed by atoms with Crippen LogP contribution in [0.5, 0.6) is 0 Å². The van der Waals surface area contributed by atoms with E-state index in [0.717, 1.165) is 12.0 Å². The number of rotatable bonds is 2. The fourth-order valence-corrected chi connectivity index (χ4v) is 7.82. The Morgan fingerprint density at radius 2 is 1.96 bits per heavy atom. The van der Waals surface area contributed by atoms with E-state index in [1.807, 2.05) is 6.92 Å². The first-order chi connectivity index (χ1) is 12.2. The molecule has 5 aliphatic carbocycles. The molecule has 0 saturated heterocycles. The highest BCUT2D eigenvalue weighted by molar-refractivity contribution is 5.93. The number of carbonyl (C=O) groups excluding carboxylic acids is 1. The molecule has 6 bridgehead atoms. The van der Waals surface area contributed by atoms with Gasteiger partial charge < -0.3 is 20.4 Å². The Morgan fingerprint density at radius 1 is 1.26 bits per heavy atom. The third kappa shape index (κ3) is 1.92. The zero-order valence-electron chi connectivity index (χ0n) is 15.4. The van der Waals surface area contributed by atoms with Gasteiger partial charge in [0.1, 0.15) is 6.61 Å².